The number of rotatable bonds is 4. The minimum Gasteiger partial charge on any atom is -0.381 e. The molecule has 1 amide bonds. The highest BCUT2D eigenvalue weighted by Crippen LogP contribution is 2.38. The van der Waals surface area contributed by atoms with E-state index in [4.69, 9.17) is 4.74 Å². The van der Waals surface area contributed by atoms with Crippen LogP contribution in [0.4, 0.5) is 0 Å². The third kappa shape index (κ3) is 3.28. The molecule has 0 spiro atoms. The molecule has 0 unspecified atom stereocenters. The number of likely N-dealkylation sites (N-methyl/N-ethyl adjacent to an activating group) is 1. The Balaban J connectivity index is 1.41. The van der Waals surface area contributed by atoms with E-state index in [2.05, 4.69) is 33.8 Å². The summed E-state index contributed by atoms with van der Waals surface area (Å²) in [5.74, 6) is 0.315. The second-order valence-electron chi connectivity index (χ2n) is 7.89. The summed E-state index contributed by atoms with van der Waals surface area (Å²) < 4.78 is 5.58. The van der Waals surface area contributed by atoms with Gasteiger partial charge in [0.05, 0.1) is 5.41 Å². The number of piperazine rings is 1. The molecule has 0 aliphatic carbocycles. The monoisotopic (exact) mass is 357 g/mol. The van der Waals surface area contributed by atoms with Crippen molar-refractivity contribution in [1.29, 1.82) is 0 Å². The van der Waals surface area contributed by atoms with Gasteiger partial charge in [0.25, 0.3) is 0 Å². The van der Waals surface area contributed by atoms with Gasteiger partial charge in [0, 0.05) is 58.5 Å². The molecule has 3 aliphatic rings. The first-order valence-electron chi connectivity index (χ1n) is 10.1. The van der Waals surface area contributed by atoms with E-state index >= 15 is 0 Å². The van der Waals surface area contributed by atoms with Gasteiger partial charge in [0.15, 0.2) is 0 Å². The number of ether oxygens (including phenoxy) is 1. The maximum Gasteiger partial charge on any atom is 0.233 e. The van der Waals surface area contributed by atoms with Crippen molar-refractivity contribution < 1.29 is 9.53 Å². The molecule has 1 aromatic rings. The van der Waals surface area contributed by atoms with Crippen molar-refractivity contribution in [3.8, 4) is 0 Å². The lowest BCUT2D eigenvalue weighted by Gasteiger charge is -2.51. The first-order chi connectivity index (χ1) is 12.7. The standard InChI is InChI=1S/C21H31N3O2/c1-2-22-10-12-23(13-11-22)19-16-24(17-19)20(25)21(8-14-26-15-9-21)18-6-4-3-5-7-18/h3-7,19H,2,8-17H2,1H3. The number of carbonyl (C=O) groups is 1. The number of amides is 1. The molecule has 1 aromatic carbocycles. The molecule has 142 valence electrons. The maximum absolute atomic E-state index is 13.5. The fourth-order valence-electron chi connectivity index (χ4n) is 4.70. The van der Waals surface area contributed by atoms with Crippen LogP contribution in [0, 0.1) is 0 Å². The Bertz CT molecular complexity index is 601. The van der Waals surface area contributed by atoms with Crippen molar-refractivity contribution in [2.75, 3.05) is 59.0 Å². The number of nitrogens with zero attached hydrogens (tertiary/aromatic N) is 3. The summed E-state index contributed by atoms with van der Waals surface area (Å²) in [4.78, 5) is 20.6. The van der Waals surface area contributed by atoms with Crippen LogP contribution in [0.2, 0.25) is 0 Å². The van der Waals surface area contributed by atoms with Gasteiger partial charge in [-0.25, -0.2) is 0 Å². The molecule has 4 rings (SSSR count). The summed E-state index contributed by atoms with van der Waals surface area (Å²) in [6.45, 7) is 11.1. The highest BCUT2D eigenvalue weighted by Gasteiger charge is 2.47. The normalized spacial score (nSPS) is 25.0. The van der Waals surface area contributed by atoms with Crippen LogP contribution < -0.4 is 0 Å². The maximum atomic E-state index is 13.5. The molecule has 5 heteroatoms. The summed E-state index contributed by atoms with van der Waals surface area (Å²) in [7, 11) is 0. The summed E-state index contributed by atoms with van der Waals surface area (Å²) in [5, 5.41) is 0. The molecule has 3 heterocycles. The third-order valence-corrected chi connectivity index (χ3v) is 6.60. The van der Waals surface area contributed by atoms with Gasteiger partial charge >= 0.3 is 0 Å². The summed E-state index contributed by atoms with van der Waals surface area (Å²) in [6.07, 6.45) is 1.60. The molecule has 3 fully saturated rings. The summed E-state index contributed by atoms with van der Waals surface area (Å²) >= 11 is 0. The molecular formula is C21H31N3O2. The smallest absolute Gasteiger partial charge is 0.233 e. The van der Waals surface area contributed by atoms with E-state index in [-0.39, 0.29) is 5.41 Å². The van der Waals surface area contributed by atoms with Crippen molar-refractivity contribution in [3.05, 3.63) is 35.9 Å². The number of carbonyl (C=O) groups excluding carboxylic acids is 1. The summed E-state index contributed by atoms with van der Waals surface area (Å²) in [5.41, 5.74) is 0.777. The van der Waals surface area contributed by atoms with Crippen LogP contribution in [0.15, 0.2) is 30.3 Å². The van der Waals surface area contributed by atoms with Crippen LogP contribution in [0.1, 0.15) is 25.3 Å². The lowest BCUT2D eigenvalue weighted by molar-refractivity contribution is -0.149. The van der Waals surface area contributed by atoms with Crippen molar-refractivity contribution in [2.45, 2.75) is 31.2 Å². The lowest BCUT2D eigenvalue weighted by Crippen LogP contribution is -2.66. The third-order valence-electron chi connectivity index (χ3n) is 6.60. The average Bonchev–Trinajstić information content (AvgIpc) is 2.68. The Hall–Kier alpha value is -1.43. The van der Waals surface area contributed by atoms with Crippen molar-refractivity contribution in [2.24, 2.45) is 0 Å². The second-order valence-corrected chi connectivity index (χ2v) is 7.89. The van der Waals surface area contributed by atoms with Gasteiger partial charge in [-0.05, 0) is 24.9 Å². The van der Waals surface area contributed by atoms with Crippen LogP contribution >= 0.6 is 0 Å². The van der Waals surface area contributed by atoms with Gasteiger partial charge in [0.1, 0.15) is 0 Å². The fourth-order valence-corrected chi connectivity index (χ4v) is 4.70. The molecule has 3 saturated heterocycles. The highest BCUT2D eigenvalue weighted by atomic mass is 16.5. The Morgan fingerprint density at radius 3 is 2.35 bits per heavy atom. The van der Waals surface area contributed by atoms with Gasteiger partial charge in [-0.1, -0.05) is 37.3 Å². The number of hydrogen-bond donors (Lipinski definition) is 0. The second kappa shape index (κ2) is 7.67. The molecule has 26 heavy (non-hydrogen) atoms. The molecule has 0 aromatic heterocycles. The molecule has 0 atom stereocenters. The van der Waals surface area contributed by atoms with Gasteiger partial charge in [-0.2, -0.15) is 0 Å². The molecule has 0 bridgehead atoms. The van der Waals surface area contributed by atoms with Gasteiger partial charge in [0.2, 0.25) is 5.91 Å². The largest absolute Gasteiger partial charge is 0.381 e. The lowest BCUT2D eigenvalue weighted by atomic mass is 9.72. The van der Waals surface area contributed by atoms with Crippen LogP contribution in [-0.4, -0.2) is 85.7 Å². The van der Waals surface area contributed by atoms with Crippen molar-refractivity contribution in [1.82, 2.24) is 14.7 Å². The minimum atomic E-state index is -0.384. The van der Waals surface area contributed by atoms with Crippen molar-refractivity contribution in [3.63, 3.8) is 0 Å². The van der Waals surface area contributed by atoms with Crippen LogP contribution in [0.3, 0.4) is 0 Å². The number of likely N-dealkylation sites (tertiary alicyclic amines) is 1. The first-order valence-corrected chi connectivity index (χ1v) is 10.1. The van der Waals surface area contributed by atoms with Gasteiger partial charge in [-0.3, -0.25) is 9.69 Å². The Labute approximate surface area is 156 Å². The van der Waals surface area contributed by atoms with E-state index in [1.807, 2.05) is 18.2 Å². The summed E-state index contributed by atoms with van der Waals surface area (Å²) in [6, 6.07) is 10.9. The van der Waals surface area contributed by atoms with Crippen LogP contribution in [0.25, 0.3) is 0 Å². The van der Waals surface area contributed by atoms with Gasteiger partial charge < -0.3 is 14.5 Å². The predicted molar refractivity (Wildman–Crippen MR) is 102 cm³/mol. The first kappa shape index (κ1) is 18.0. The van der Waals surface area contributed by atoms with Crippen molar-refractivity contribution >= 4 is 5.91 Å². The molecular weight excluding hydrogens is 326 g/mol. The highest BCUT2D eigenvalue weighted by molar-refractivity contribution is 5.89. The Morgan fingerprint density at radius 2 is 1.73 bits per heavy atom. The fraction of sp³-hybridized carbons (Fsp3) is 0.667. The quantitative estimate of drug-likeness (QED) is 0.820. The van der Waals surface area contributed by atoms with E-state index in [9.17, 15) is 4.79 Å². The molecule has 0 radical (unpaired) electrons. The van der Waals surface area contributed by atoms with E-state index in [1.54, 1.807) is 0 Å². The number of hydrogen-bond acceptors (Lipinski definition) is 4. The van der Waals surface area contributed by atoms with Crippen LogP contribution in [-0.2, 0) is 14.9 Å². The molecule has 5 nitrogen and oxygen atoms in total. The van der Waals surface area contributed by atoms with E-state index in [1.165, 1.54) is 0 Å². The Morgan fingerprint density at radius 1 is 1.08 bits per heavy atom. The molecule has 0 N–H and O–H groups in total. The van der Waals surface area contributed by atoms with E-state index in [0.29, 0.717) is 25.2 Å². The zero-order valence-corrected chi connectivity index (χ0v) is 15.9. The zero-order chi connectivity index (χ0) is 18.0. The average molecular weight is 357 g/mol. The topological polar surface area (TPSA) is 36.0 Å². The van der Waals surface area contributed by atoms with E-state index in [0.717, 1.165) is 64.2 Å². The van der Waals surface area contributed by atoms with Crippen LogP contribution in [0.5, 0.6) is 0 Å². The van der Waals surface area contributed by atoms with Gasteiger partial charge in [-0.15, -0.1) is 0 Å². The minimum absolute atomic E-state index is 0.315. The van der Waals surface area contributed by atoms with E-state index < -0.39 is 0 Å². The number of benzene rings is 1. The zero-order valence-electron chi connectivity index (χ0n) is 15.9. The Kier molecular flexibility index (Phi) is 5.30. The molecule has 3 aliphatic heterocycles. The molecule has 0 saturated carbocycles. The SMILES string of the molecule is CCN1CCN(C2CN(C(=O)C3(c4ccccc4)CCOCC3)C2)CC1. The predicted octanol–water partition coefficient (Wildman–Crippen LogP) is 1.58.